The van der Waals surface area contributed by atoms with Gasteiger partial charge in [-0.15, -0.1) is 0 Å². The Morgan fingerprint density at radius 1 is 1.07 bits per heavy atom. The molecule has 4 rings (SSSR count). The van der Waals surface area contributed by atoms with E-state index in [0.717, 1.165) is 44.0 Å². The van der Waals surface area contributed by atoms with E-state index in [2.05, 4.69) is 9.80 Å². The number of amides is 1. The van der Waals surface area contributed by atoms with E-state index in [1.807, 2.05) is 12.1 Å². The molecule has 2 atom stereocenters. The minimum atomic E-state index is -5.08. The van der Waals surface area contributed by atoms with Crippen LogP contribution in [0.2, 0.25) is 0 Å². The quantitative estimate of drug-likeness (QED) is 0.764. The first-order valence-corrected chi connectivity index (χ1v) is 9.73. The van der Waals surface area contributed by atoms with Crippen LogP contribution in [0.5, 0.6) is 0 Å². The van der Waals surface area contributed by atoms with Gasteiger partial charge in [0.05, 0.1) is 0 Å². The van der Waals surface area contributed by atoms with Gasteiger partial charge in [0, 0.05) is 38.1 Å². The molecule has 1 N–H and O–H groups in total. The number of carboxylic acids is 1. The molecule has 2 aliphatic heterocycles. The van der Waals surface area contributed by atoms with E-state index in [1.165, 1.54) is 25.0 Å². The third-order valence-electron chi connectivity index (χ3n) is 5.69. The molecule has 0 aromatic heterocycles. The largest absolute Gasteiger partial charge is 0.490 e. The van der Waals surface area contributed by atoms with E-state index in [-0.39, 0.29) is 5.82 Å². The summed E-state index contributed by atoms with van der Waals surface area (Å²) in [5.41, 5.74) is 1.16. The highest BCUT2D eigenvalue weighted by Crippen LogP contribution is 2.37. The molecule has 3 aliphatic rings. The second kappa shape index (κ2) is 8.69. The van der Waals surface area contributed by atoms with Crippen molar-refractivity contribution in [1.29, 1.82) is 0 Å². The van der Waals surface area contributed by atoms with E-state index < -0.39 is 12.1 Å². The highest BCUT2D eigenvalue weighted by atomic mass is 19.4. The summed E-state index contributed by atoms with van der Waals surface area (Å²) in [6.45, 7) is 2.89. The summed E-state index contributed by atoms with van der Waals surface area (Å²) < 4.78 is 44.8. The molecule has 2 saturated heterocycles. The third kappa shape index (κ3) is 5.68. The highest BCUT2D eigenvalue weighted by molar-refractivity contribution is 5.77. The molecular weight excluding hydrogens is 392 g/mol. The molecule has 0 radical (unpaired) electrons. The van der Waals surface area contributed by atoms with Gasteiger partial charge in [-0.1, -0.05) is 12.1 Å². The number of piperidine rings is 1. The fourth-order valence-corrected chi connectivity index (χ4v) is 4.07. The Bertz CT molecular complexity index is 734. The van der Waals surface area contributed by atoms with Gasteiger partial charge in [-0.05, 0) is 49.3 Å². The van der Waals surface area contributed by atoms with Crippen LogP contribution in [0, 0.1) is 11.7 Å². The molecule has 5 nitrogen and oxygen atoms in total. The molecule has 1 aromatic carbocycles. The van der Waals surface area contributed by atoms with Crippen molar-refractivity contribution in [2.24, 2.45) is 5.92 Å². The Labute approximate surface area is 166 Å². The molecule has 0 bridgehead atoms. The average molecular weight is 416 g/mol. The summed E-state index contributed by atoms with van der Waals surface area (Å²) in [7, 11) is 0. The van der Waals surface area contributed by atoms with E-state index in [9.17, 15) is 22.4 Å². The number of halogens is 4. The van der Waals surface area contributed by atoms with Crippen molar-refractivity contribution in [2.45, 2.75) is 56.9 Å². The van der Waals surface area contributed by atoms with Crippen molar-refractivity contribution in [3.8, 4) is 0 Å². The van der Waals surface area contributed by atoms with Gasteiger partial charge in [0.1, 0.15) is 5.82 Å². The summed E-state index contributed by atoms with van der Waals surface area (Å²) >= 11 is 0. The summed E-state index contributed by atoms with van der Waals surface area (Å²) in [5, 5.41) is 7.12. The highest BCUT2D eigenvalue weighted by Gasteiger charge is 2.44. The molecule has 1 aromatic rings. The predicted octanol–water partition coefficient (Wildman–Crippen LogP) is 3.43. The number of aliphatic carboxylic acids is 1. The van der Waals surface area contributed by atoms with E-state index in [1.54, 1.807) is 0 Å². The molecule has 1 amide bonds. The molecular formula is C20H24F4N2O3. The number of rotatable bonds is 4. The van der Waals surface area contributed by atoms with Crippen molar-refractivity contribution >= 4 is 11.9 Å². The molecule has 1 aliphatic carbocycles. The summed E-state index contributed by atoms with van der Waals surface area (Å²) in [6, 6.07) is 7.71. The SMILES string of the molecule is O=C(O)C(F)(F)F.O=C1CC[C@@H]2[C@@H](CCN2Cc2ccc(F)cc2)N1CC1CC1. The first kappa shape index (κ1) is 21.5. The number of hydrogen-bond donors (Lipinski definition) is 1. The molecule has 29 heavy (non-hydrogen) atoms. The molecule has 2 heterocycles. The van der Waals surface area contributed by atoms with Crippen LogP contribution in [0.3, 0.4) is 0 Å². The Balaban J connectivity index is 0.000000298. The van der Waals surface area contributed by atoms with Crippen LogP contribution in [0.15, 0.2) is 24.3 Å². The smallest absolute Gasteiger partial charge is 0.475 e. The number of nitrogens with zero attached hydrogens (tertiary/aromatic N) is 2. The average Bonchev–Trinajstić information content (AvgIpc) is 3.38. The summed E-state index contributed by atoms with van der Waals surface area (Å²) in [6.07, 6.45) is 0.255. The standard InChI is InChI=1S/C18H23FN2O.C2HF3O2/c19-15-5-3-13(4-6-15)11-20-10-9-17-16(20)7-8-18(22)21(17)12-14-1-2-14;3-2(4,5)1(6)7/h3-6,14,16-17H,1-2,7-12H2;(H,6,7)/t16-,17-;/m1./s1. The zero-order chi connectivity index (χ0) is 21.2. The second-order valence-electron chi connectivity index (χ2n) is 7.85. The van der Waals surface area contributed by atoms with Crippen LogP contribution in [0.4, 0.5) is 17.6 Å². The lowest BCUT2D eigenvalue weighted by molar-refractivity contribution is -0.192. The van der Waals surface area contributed by atoms with Crippen molar-refractivity contribution in [1.82, 2.24) is 9.80 Å². The van der Waals surface area contributed by atoms with Gasteiger partial charge in [-0.3, -0.25) is 9.69 Å². The lowest BCUT2D eigenvalue weighted by Crippen LogP contribution is -2.52. The normalized spacial score (nSPS) is 24.7. The number of benzene rings is 1. The van der Waals surface area contributed by atoms with Gasteiger partial charge in [0.15, 0.2) is 0 Å². The Morgan fingerprint density at radius 3 is 2.24 bits per heavy atom. The van der Waals surface area contributed by atoms with Gasteiger partial charge in [-0.2, -0.15) is 13.2 Å². The minimum Gasteiger partial charge on any atom is -0.475 e. The van der Waals surface area contributed by atoms with Crippen LogP contribution in [-0.2, 0) is 16.1 Å². The second-order valence-corrected chi connectivity index (χ2v) is 7.85. The zero-order valence-electron chi connectivity index (χ0n) is 15.9. The van der Waals surface area contributed by atoms with E-state index in [0.29, 0.717) is 24.4 Å². The van der Waals surface area contributed by atoms with Crippen LogP contribution in [-0.4, -0.2) is 58.1 Å². The molecule has 160 valence electrons. The zero-order valence-corrected chi connectivity index (χ0v) is 15.9. The maximum atomic E-state index is 13.0. The van der Waals surface area contributed by atoms with Crippen molar-refractivity contribution in [2.75, 3.05) is 13.1 Å². The lowest BCUT2D eigenvalue weighted by atomic mass is 9.95. The fraction of sp³-hybridized carbons (Fsp3) is 0.600. The fourth-order valence-electron chi connectivity index (χ4n) is 4.07. The minimum absolute atomic E-state index is 0.179. The Kier molecular flexibility index (Phi) is 6.45. The van der Waals surface area contributed by atoms with E-state index >= 15 is 0 Å². The number of carboxylic acid groups (broad SMARTS) is 1. The number of alkyl halides is 3. The first-order chi connectivity index (χ1) is 13.6. The van der Waals surface area contributed by atoms with Gasteiger partial charge in [0.2, 0.25) is 5.91 Å². The third-order valence-corrected chi connectivity index (χ3v) is 5.69. The Morgan fingerprint density at radius 2 is 1.69 bits per heavy atom. The van der Waals surface area contributed by atoms with Crippen LogP contribution in [0.25, 0.3) is 0 Å². The molecule has 9 heteroatoms. The number of hydrogen-bond acceptors (Lipinski definition) is 3. The number of fused-ring (bicyclic) bond motifs is 1. The van der Waals surface area contributed by atoms with Crippen molar-refractivity contribution < 1.29 is 32.3 Å². The van der Waals surface area contributed by atoms with Crippen LogP contribution in [0.1, 0.15) is 37.7 Å². The first-order valence-electron chi connectivity index (χ1n) is 9.73. The van der Waals surface area contributed by atoms with Crippen molar-refractivity contribution in [3.05, 3.63) is 35.6 Å². The number of likely N-dealkylation sites (tertiary alicyclic amines) is 2. The van der Waals surface area contributed by atoms with Gasteiger partial charge >= 0.3 is 12.1 Å². The molecule has 0 unspecified atom stereocenters. The topological polar surface area (TPSA) is 60.9 Å². The maximum absolute atomic E-state index is 13.0. The summed E-state index contributed by atoms with van der Waals surface area (Å²) in [5.74, 6) is -1.82. The Hall–Kier alpha value is -2.16. The van der Waals surface area contributed by atoms with Crippen molar-refractivity contribution in [3.63, 3.8) is 0 Å². The molecule has 1 saturated carbocycles. The maximum Gasteiger partial charge on any atom is 0.490 e. The summed E-state index contributed by atoms with van der Waals surface area (Å²) in [4.78, 5) is 25.8. The predicted molar refractivity (Wildman–Crippen MR) is 96.4 cm³/mol. The van der Waals surface area contributed by atoms with Gasteiger partial charge in [-0.25, -0.2) is 9.18 Å². The van der Waals surface area contributed by atoms with Crippen LogP contribution >= 0.6 is 0 Å². The monoisotopic (exact) mass is 416 g/mol. The molecule has 0 spiro atoms. The van der Waals surface area contributed by atoms with E-state index in [4.69, 9.17) is 9.90 Å². The number of carbonyl (C=O) groups is 2. The lowest BCUT2D eigenvalue weighted by Gasteiger charge is -2.40. The molecule has 3 fully saturated rings. The number of carbonyl (C=O) groups excluding carboxylic acids is 1. The van der Waals surface area contributed by atoms with Gasteiger partial charge in [0.25, 0.3) is 0 Å². The van der Waals surface area contributed by atoms with Crippen LogP contribution < -0.4 is 0 Å². The van der Waals surface area contributed by atoms with Gasteiger partial charge < -0.3 is 10.0 Å².